The number of hydrogen-bond donors (Lipinski definition) is 1. The third kappa shape index (κ3) is 3.66. The Bertz CT molecular complexity index is 1040. The standard InChI is InChI=1S/C22H20O4.C2H6/c1-3-14-5-6-15-7-9-19(18-8-4-13(2)21(14)22(15)18)26-20-11-16(24)10-17(12-23)25-20;1-2/h3-9,12,16-17,20,24H,1-2,10-11H2;1-2H3. The van der Waals surface area contributed by atoms with E-state index >= 15 is 0 Å². The maximum Gasteiger partial charge on any atom is 0.203 e. The lowest BCUT2D eigenvalue weighted by Gasteiger charge is -2.31. The molecule has 3 atom stereocenters. The lowest BCUT2D eigenvalue weighted by atomic mass is 9.95. The minimum Gasteiger partial charge on any atom is -0.464 e. The molecule has 0 aromatic heterocycles. The van der Waals surface area contributed by atoms with Crippen molar-refractivity contribution in [2.24, 2.45) is 0 Å². The molecule has 0 saturated carbocycles. The molecule has 146 valence electrons. The number of ether oxygens (including phenoxy) is 2. The number of carbonyl (C=O) groups excluding carboxylic acids is 1. The first-order valence-electron chi connectivity index (χ1n) is 9.65. The summed E-state index contributed by atoms with van der Waals surface area (Å²) in [4.78, 5) is 11.0. The second-order valence-corrected chi connectivity index (χ2v) is 6.65. The van der Waals surface area contributed by atoms with Crippen molar-refractivity contribution in [3.63, 3.8) is 0 Å². The Kier molecular flexibility index (Phi) is 6.12. The SMILES string of the molecule is C=Cc1ccc2ccc(OC3CC(O)CC(C=O)O3)c3ccc(=C)c1c23.CC. The Morgan fingerprint density at radius 3 is 2.57 bits per heavy atom. The number of rotatable bonds is 4. The van der Waals surface area contributed by atoms with Crippen LogP contribution in [0.15, 0.2) is 43.0 Å². The van der Waals surface area contributed by atoms with Gasteiger partial charge in [-0.1, -0.05) is 63.4 Å². The second kappa shape index (κ2) is 8.55. The monoisotopic (exact) mass is 378 g/mol. The van der Waals surface area contributed by atoms with E-state index in [0.717, 1.165) is 32.3 Å². The van der Waals surface area contributed by atoms with Gasteiger partial charge in [0.25, 0.3) is 0 Å². The van der Waals surface area contributed by atoms with Gasteiger partial charge in [-0.2, -0.15) is 0 Å². The van der Waals surface area contributed by atoms with Crippen LogP contribution in [-0.4, -0.2) is 29.9 Å². The highest BCUT2D eigenvalue weighted by Gasteiger charge is 2.29. The zero-order valence-electron chi connectivity index (χ0n) is 16.4. The summed E-state index contributed by atoms with van der Waals surface area (Å²) < 4.78 is 11.7. The molecule has 3 aromatic rings. The van der Waals surface area contributed by atoms with Crippen molar-refractivity contribution >= 4 is 40.5 Å². The van der Waals surface area contributed by atoms with Crippen LogP contribution in [0.5, 0.6) is 5.75 Å². The largest absolute Gasteiger partial charge is 0.464 e. The summed E-state index contributed by atoms with van der Waals surface area (Å²) in [7, 11) is 0. The van der Waals surface area contributed by atoms with Gasteiger partial charge in [0.2, 0.25) is 6.29 Å². The van der Waals surface area contributed by atoms with Crippen molar-refractivity contribution in [2.75, 3.05) is 0 Å². The molecule has 4 rings (SSSR count). The molecule has 3 aromatic carbocycles. The molecule has 1 saturated heterocycles. The highest BCUT2D eigenvalue weighted by molar-refractivity contribution is 6.14. The lowest BCUT2D eigenvalue weighted by molar-refractivity contribution is -0.175. The minimum atomic E-state index is -0.660. The normalized spacial score (nSPS) is 21.8. The van der Waals surface area contributed by atoms with Crippen molar-refractivity contribution < 1.29 is 19.4 Å². The van der Waals surface area contributed by atoms with Gasteiger partial charge in [-0.15, -0.1) is 0 Å². The van der Waals surface area contributed by atoms with E-state index in [0.29, 0.717) is 24.9 Å². The first kappa shape index (κ1) is 20.1. The van der Waals surface area contributed by atoms with Crippen molar-refractivity contribution in [1.82, 2.24) is 0 Å². The maximum absolute atomic E-state index is 11.0. The van der Waals surface area contributed by atoms with Gasteiger partial charge in [0.05, 0.1) is 6.10 Å². The second-order valence-electron chi connectivity index (χ2n) is 6.65. The Morgan fingerprint density at radius 2 is 1.86 bits per heavy atom. The van der Waals surface area contributed by atoms with E-state index in [1.54, 1.807) is 0 Å². The van der Waals surface area contributed by atoms with Gasteiger partial charge < -0.3 is 19.4 Å². The van der Waals surface area contributed by atoms with Gasteiger partial charge in [-0.25, -0.2) is 0 Å². The summed E-state index contributed by atoms with van der Waals surface area (Å²) in [6.45, 7) is 12.1. The third-order valence-corrected chi connectivity index (χ3v) is 4.92. The van der Waals surface area contributed by atoms with Crippen molar-refractivity contribution in [3.8, 4) is 5.75 Å². The van der Waals surface area contributed by atoms with Crippen LogP contribution in [-0.2, 0) is 9.53 Å². The zero-order valence-corrected chi connectivity index (χ0v) is 16.4. The van der Waals surface area contributed by atoms with E-state index in [9.17, 15) is 9.90 Å². The topological polar surface area (TPSA) is 55.8 Å². The number of carbonyl (C=O) groups is 1. The molecule has 1 aliphatic heterocycles. The van der Waals surface area contributed by atoms with E-state index < -0.39 is 18.5 Å². The van der Waals surface area contributed by atoms with Crippen LogP contribution in [0.3, 0.4) is 0 Å². The average molecular weight is 378 g/mol. The maximum atomic E-state index is 11.0. The lowest BCUT2D eigenvalue weighted by Crippen LogP contribution is -2.39. The Morgan fingerprint density at radius 1 is 1.11 bits per heavy atom. The molecule has 0 aliphatic carbocycles. The zero-order chi connectivity index (χ0) is 20.3. The van der Waals surface area contributed by atoms with Crippen LogP contribution < -0.4 is 9.96 Å². The van der Waals surface area contributed by atoms with Crippen molar-refractivity contribution in [2.45, 2.75) is 45.2 Å². The van der Waals surface area contributed by atoms with E-state index in [-0.39, 0.29) is 0 Å². The van der Waals surface area contributed by atoms with Crippen molar-refractivity contribution in [3.05, 3.63) is 53.8 Å². The number of hydrogen-bond acceptors (Lipinski definition) is 4. The quantitative estimate of drug-likeness (QED) is 0.690. The molecule has 1 aliphatic rings. The molecule has 4 heteroatoms. The van der Waals surface area contributed by atoms with Gasteiger partial charge in [0.15, 0.2) is 0 Å². The van der Waals surface area contributed by atoms with Gasteiger partial charge in [-0.3, -0.25) is 0 Å². The van der Waals surface area contributed by atoms with Gasteiger partial charge in [0.1, 0.15) is 18.1 Å². The van der Waals surface area contributed by atoms with Gasteiger partial charge in [0, 0.05) is 23.6 Å². The fourth-order valence-electron chi connectivity index (χ4n) is 3.69. The summed E-state index contributed by atoms with van der Waals surface area (Å²) in [6.07, 6.45) is 1.26. The fourth-order valence-corrected chi connectivity index (χ4v) is 3.69. The molecule has 0 amide bonds. The molecular weight excluding hydrogens is 352 g/mol. The molecule has 3 unspecified atom stereocenters. The fraction of sp³-hybridized carbons (Fsp3) is 0.292. The third-order valence-electron chi connectivity index (χ3n) is 4.92. The molecular formula is C24H26O4. The minimum absolute atomic E-state index is 0.306. The molecule has 28 heavy (non-hydrogen) atoms. The highest BCUT2D eigenvalue weighted by atomic mass is 16.7. The molecule has 1 N–H and O–H groups in total. The molecule has 1 heterocycles. The van der Waals surface area contributed by atoms with Crippen LogP contribution in [0.25, 0.3) is 34.2 Å². The summed E-state index contributed by atoms with van der Waals surface area (Å²) >= 11 is 0. The number of benzene rings is 3. The Hall–Kier alpha value is -2.69. The summed E-state index contributed by atoms with van der Waals surface area (Å²) in [5, 5.41) is 15.0. The van der Waals surface area contributed by atoms with Gasteiger partial charge >= 0.3 is 0 Å². The molecule has 0 spiro atoms. The predicted molar refractivity (Wildman–Crippen MR) is 114 cm³/mol. The first-order valence-corrected chi connectivity index (χ1v) is 9.65. The van der Waals surface area contributed by atoms with Crippen LogP contribution >= 0.6 is 0 Å². The van der Waals surface area contributed by atoms with E-state index in [1.165, 1.54) is 0 Å². The number of aliphatic hydroxyl groups excluding tert-OH is 1. The molecule has 0 radical (unpaired) electrons. The molecule has 4 nitrogen and oxygen atoms in total. The Labute approximate surface area is 165 Å². The summed E-state index contributed by atoms with van der Waals surface area (Å²) in [5.41, 5.74) is 1.02. The van der Waals surface area contributed by atoms with Crippen LogP contribution in [0.1, 0.15) is 32.3 Å². The van der Waals surface area contributed by atoms with Gasteiger partial charge in [-0.05, 0) is 27.6 Å². The average Bonchev–Trinajstić information content (AvgIpc) is 2.72. The van der Waals surface area contributed by atoms with E-state index in [2.05, 4.69) is 19.2 Å². The molecule has 0 bridgehead atoms. The first-order chi connectivity index (χ1) is 13.6. The predicted octanol–water partition coefficient (Wildman–Crippen LogP) is 4.24. The van der Waals surface area contributed by atoms with Crippen LogP contribution in [0.4, 0.5) is 0 Å². The van der Waals surface area contributed by atoms with E-state index in [4.69, 9.17) is 9.47 Å². The van der Waals surface area contributed by atoms with Crippen LogP contribution in [0.2, 0.25) is 0 Å². The Balaban J connectivity index is 0.00000109. The number of aldehydes is 1. The van der Waals surface area contributed by atoms with Crippen molar-refractivity contribution in [1.29, 1.82) is 0 Å². The summed E-state index contributed by atoms with van der Waals surface area (Å²) in [5.74, 6) is 0.660. The number of aliphatic hydroxyl groups is 1. The van der Waals surface area contributed by atoms with E-state index in [1.807, 2.05) is 50.3 Å². The summed E-state index contributed by atoms with van der Waals surface area (Å²) in [6, 6.07) is 11.9. The highest BCUT2D eigenvalue weighted by Crippen LogP contribution is 2.35. The smallest absolute Gasteiger partial charge is 0.203 e. The van der Waals surface area contributed by atoms with Crippen LogP contribution in [0, 0.1) is 0 Å². The molecule has 1 fully saturated rings.